The van der Waals surface area contributed by atoms with Crippen molar-refractivity contribution in [3.8, 4) is 5.75 Å². The number of carbonyl (C=O) groups is 2. The first kappa shape index (κ1) is 13.0. The third-order valence-corrected chi connectivity index (χ3v) is 2.15. The molecule has 0 saturated carbocycles. The third kappa shape index (κ3) is 5.01. The molecule has 0 saturated heterocycles. The zero-order valence-electron chi connectivity index (χ0n) is 9.95. The van der Waals surface area contributed by atoms with Crippen LogP contribution in [0.25, 0.3) is 0 Å². The first-order valence-electron chi connectivity index (χ1n) is 5.26. The zero-order chi connectivity index (χ0) is 12.7. The molecule has 2 N–H and O–H groups in total. The topological polar surface area (TPSA) is 67.4 Å². The van der Waals surface area contributed by atoms with E-state index >= 15 is 0 Å². The van der Waals surface area contributed by atoms with Crippen LogP contribution in [-0.2, 0) is 16.1 Å². The fraction of sp³-hybridized carbons (Fsp3) is 0.333. The Morgan fingerprint density at radius 3 is 2.35 bits per heavy atom. The molecule has 0 spiro atoms. The van der Waals surface area contributed by atoms with Gasteiger partial charge in [-0.05, 0) is 17.7 Å². The summed E-state index contributed by atoms with van der Waals surface area (Å²) in [6.07, 6.45) is 0. The van der Waals surface area contributed by atoms with Gasteiger partial charge in [-0.3, -0.25) is 9.59 Å². The fourth-order valence-corrected chi connectivity index (χ4v) is 1.21. The molecule has 0 aromatic heterocycles. The second kappa shape index (κ2) is 6.52. The van der Waals surface area contributed by atoms with Crippen molar-refractivity contribution in [2.24, 2.45) is 0 Å². The minimum atomic E-state index is -0.218. The fourth-order valence-electron chi connectivity index (χ4n) is 1.21. The SMILES string of the molecule is COc1ccc(CNC(=O)CNC(C)=O)cc1. The van der Waals surface area contributed by atoms with Crippen molar-refractivity contribution in [2.45, 2.75) is 13.5 Å². The normalized spacial score (nSPS) is 9.53. The summed E-state index contributed by atoms with van der Waals surface area (Å²) in [5.41, 5.74) is 0.974. The average Bonchev–Trinajstić information content (AvgIpc) is 2.34. The highest BCUT2D eigenvalue weighted by Crippen LogP contribution is 2.10. The van der Waals surface area contributed by atoms with Crippen LogP contribution >= 0.6 is 0 Å². The monoisotopic (exact) mass is 236 g/mol. The highest BCUT2D eigenvalue weighted by Gasteiger charge is 2.01. The lowest BCUT2D eigenvalue weighted by atomic mass is 10.2. The van der Waals surface area contributed by atoms with E-state index in [1.54, 1.807) is 7.11 Å². The summed E-state index contributed by atoms with van der Waals surface area (Å²) in [6, 6.07) is 7.40. The van der Waals surface area contributed by atoms with Gasteiger partial charge in [0.1, 0.15) is 5.75 Å². The van der Waals surface area contributed by atoms with Gasteiger partial charge in [-0.25, -0.2) is 0 Å². The molecule has 1 aromatic rings. The first-order chi connectivity index (χ1) is 8.11. The molecule has 1 aromatic carbocycles. The standard InChI is InChI=1S/C12H16N2O3/c1-9(15)13-8-12(16)14-7-10-3-5-11(17-2)6-4-10/h3-6H,7-8H2,1-2H3,(H,13,15)(H,14,16). The van der Waals surface area contributed by atoms with E-state index in [9.17, 15) is 9.59 Å². The number of ether oxygens (including phenoxy) is 1. The maximum atomic E-state index is 11.3. The van der Waals surface area contributed by atoms with E-state index in [2.05, 4.69) is 10.6 Å². The first-order valence-corrected chi connectivity index (χ1v) is 5.26. The molecule has 17 heavy (non-hydrogen) atoms. The van der Waals surface area contributed by atoms with Crippen LogP contribution in [-0.4, -0.2) is 25.5 Å². The lowest BCUT2D eigenvalue weighted by Gasteiger charge is -2.06. The van der Waals surface area contributed by atoms with Gasteiger partial charge in [0.15, 0.2) is 0 Å². The van der Waals surface area contributed by atoms with Crippen LogP contribution in [0.5, 0.6) is 5.75 Å². The summed E-state index contributed by atoms with van der Waals surface area (Å²) in [5.74, 6) is 0.346. The molecule has 0 atom stereocenters. The van der Waals surface area contributed by atoms with Crippen molar-refractivity contribution in [2.75, 3.05) is 13.7 Å². The Morgan fingerprint density at radius 1 is 1.18 bits per heavy atom. The quantitative estimate of drug-likeness (QED) is 0.780. The van der Waals surface area contributed by atoms with E-state index in [1.165, 1.54) is 6.92 Å². The smallest absolute Gasteiger partial charge is 0.239 e. The molecule has 92 valence electrons. The third-order valence-electron chi connectivity index (χ3n) is 2.15. The van der Waals surface area contributed by atoms with E-state index in [0.717, 1.165) is 11.3 Å². The van der Waals surface area contributed by atoms with Gasteiger partial charge in [-0.15, -0.1) is 0 Å². The molecule has 0 fully saturated rings. The lowest BCUT2D eigenvalue weighted by Crippen LogP contribution is -2.35. The van der Waals surface area contributed by atoms with Gasteiger partial charge in [-0.2, -0.15) is 0 Å². The molecule has 2 amide bonds. The number of nitrogens with one attached hydrogen (secondary N) is 2. The maximum absolute atomic E-state index is 11.3. The number of methoxy groups -OCH3 is 1. The van der Waals surface area contributed by atoms with E-state index < -0.39 is 0 Å². The number of hydrogen-bond donors (Lipinski definition) is 2. The van der Waals surface area contributed by atoms with Gasteiger partial charge in [0, 0.05) is 13.5 Å². The van der Waals surface area contributed by atoms with Crippen molar-refractivity contribution < 1.29 is 14.3 Å². The van der Waals surface area contributed by atoms with Gasteiger partial charge in [-0.1, -0.05) is 12.1 Å². The Hall–Kier alpha value is -2.04. The Kier molecular flexibility index (Phi) is 5.00. The minimum absolute atomic E-state index is 0.00544. The molecule has 0 unspecified atom stereocenters. The van der Waals surface area contributed by atoms with Crippen LogP contribution in [0.4, 0.5) is 0 Å². The molecular weight excluding hydrogens is 220 g/mol. The number of amides is 2. The summed E-state index contributed by atoms with van der Waals surface area (Å²) < 4.78 is 5.02. The van der Waals surface area contributed by atoms with Crippen molar-refractivity contribution in [3.05, 3.63) is 29.8 Å². The summed E-state index contributed by atoms with van der Waals surface area (Å²) >= 11 is 0. The summed E-state index contributed by atoms with van der Waals surface area (Å²) in [7, 11) is 1.60. The predicted molar refractivity (Wildman–Crippen MR) is 63.5 cm³/mol. The molecule has 0 heterocycles. The summed E-state index contributed by atoms with van der Waals surface area (Å²) in [4.78, 5) is 21.9. The molecule has 5 heteroatoms. The number of carbonyl (C=O) groups excluding carboxylic acids is 2. The average molecular weight is 236 g/mol. The molecule has 0 bridgehead atoms. The molecule has 0 aliphatic rings. The van der Waals surface area contributed by atoms with Crippen LogP contribution in [0.1, 0.15) is 12.5 Å². The van der Waals surface area contributed by atoms with Gasteiger partial charge >= 0.3 is 0 Å². The maximum Gasteiger partial charge on any atom is 0.239 e. The van der Waals surface area contributed by atoms with Gasteiger partial charge in [0.05, 0.1) is 13.7 Å². The summed E-state index contributed by atoms with van der Waals surface area (Å²) in [6.45, 7) is 1.81. The van der Waals surface area contributed by atoms with Crippen LogP contribution in [0.2, 0.25) is 0 Å². The minimum Gasteiger partial charge on any atom is -0.497 e. The Labute approximate surface area is 100 Å². The van der Waals surface area contributed by atoms with E-state index in [4.69, 9.17) is 4.74 Å². The Bertz CT molecular complexity index is 387. The number of rotatable bonds is 5. The Morgan fingerprint density at radius 2 is 1.82 bits per heavy atom. The molecule has 0 aliphatic heterocycles. The van der Waals surface area contributed by atoms with Crippen LogP contribution < -0.4 is 15.4 Å². The molecule has 0 radical (unpaired) electrons. The number of hydrogen-bond acceptors (Lipinski definition) is 3. The van der Waals surface area contributed by atoms with Crippen LogP contribution in [0.3, 0.4) is 0 Å². The van der Waals surface area contributed by atoms with E-state index in [0.29, 0.717) is 6.54 Å². The van der Waals surface area contributed by atoms with Gasteiger partial charge < -0.3 is 15.4 Å². The van der Waals surface area contributed by atoms with E-state index in [-0.39, 0.29) is 18.4 Å². The molecule has 1 rings (SSSR count). The predicted octanol–water partition coefficient (Wildman–Crippen LogP) is 0.447. The molecular formula is C12H16N2O3. The van der Waals surface area contributed by atoms with Crippen molar-refractivity contribution in [1.29, 1.82) is 0 Å². The lowest BCUT2D eigenvalue weighted by molar-refractivity contribution is -0.125. The van der Waals surface area contributed by atoms with Crippen molar-refractivity contribution in [1.82, 2.24) is 10.6 Å². The van der Waals surface area contributed by atoms with Crippen LogP contribution in [0.15, 0.2) is 24.3 Å². The zero-order valence-corrected chi connectivity index (χ0v) is 9.95. The molecule has 0 aliphatic carbocycles. The highest BCUT2D eigenvalue weighted by molar-refractivity contribution is 5.83. The second-order valence-corrected chi connectivity index (χ2v) is 3.53. The van der Waals surface area contributed by atoms with Crippen LogP contribution in [0, 0.1) is 0 Å². The second-order valence-electron chi connectivity index (χ2n) is 3.53. The summed E-state index contributed by atoms with van der Waals surface area (Å²) in [5, 5.41) is 5.13. The largest absolute Gasteiger partial charge is 0.497 e. The van der Waals surface area contributed by atoms with Crippen molar-refractivity contribution >= 4 is 11.8 Å². The van der Waals surface area contributed by atoms with Crippen molar-refractivity contribution in [3.63, 3.8) is 0 Å². The number of benzene rings is 1. The van der Waals surface area contributed by atoms with Gasteiger partial charge in [0.25, 0.3) is 0 Å². The van der Waals surface area contributed by atoms with Gasteiger partial charge in [0.2, 0.25) is 11.8 Å². The highest BCUT2D eigenvalue weighted by atomic mass is 16.5. The Balaban J connectivity index is 2.34. The molecule has 5 nitrogen and oxygen atoms in total. The van der Waals surface area contributed by atoms with E-state index in [1.807, 2.05) is 24.3 Å².